The molecule has 24 heavy (non-hydrogen) atoms. The van der Waals surface area contributed by atoms with Crippen molar-refractivity contribution in [3.05, 3.63) is 48.0 Å². The van der Waals surface area contributed by atoms with Gasteiger partial charge >= 0.3 is 0 Å². The second-order valence-corrected chi connectivity index (χ2v) is 5.34. The van der Waals surface area contributed by atoms with Crippen LogP contribution >= 0.6 is 0 Å². The number of pyridine rings is 1. The van der Waals surface area contributed by atoms with Gasteiger partial charge in [-0.25, -0.2) is 9.97 Å². The standard InChI is InChI=1S/C16H18N6O2/c1-17-14(23)13-4-3-12(11-20-13)15(24)21-7-9-22(10-8-21)16-18-5-2-6-19-16/h2-6,11H,7-10H2,1H3,(H,17,23). The number of nitrogens with zero attached hydrogens (tertiary/aromatic N) is 5. The third-order valence-corrected chi connectivity index (χ3v) is 3.87. The maximum Gasteiger partial charge on any atom is 0.269 e. The minimum Gasteiger partial charge on any atom is -0.354 e. The molecule has 2 aromatic rings. The molecule has 0 saturated carbocycles. The van der Waals surface area contributed by atoms with Gasteiger partial charge < -0.3 is 15.1 Å². The molecule has 2 amide bonds. The van der Waals surface area contributed by atoms with Crippen LogP contribution in [0.1, 0.15) is 20.8 Å². The molecule has 3 rings (SSSR count). The Morgan fingerprint density at radius 1 is 1.04 bits per heavy atom. The monoisotopic (exact) mass is 326 g/mol. The summed E-state index contributed by atoms with van der Waals surface area (Å²) in [5.41, 5.74) is 0.771. The van der Waals surface area contributed by atoms with E-state index in [9.17, 15) is 9.59 Å². The number of rotatable bonds is 3. The molecule has 124 valence electrons. The molecular weight excluding hydrogens is 308 g/mol. The van der Waals surface area contributed by atoms with Gasteiger partial charge in [0.25, 0.3) is 11.8 Å². The van der Waals surface area contributed by atoms with Gasteiger partial charge in [0.1, 0.15) is 5.69 Å². The van der Waals surface area contributed by atoms with Gasteiger partial charge in [-0.3, -0.25) is 14.6 Å². The van der Waals surface area contributed by atoms with Gasteiger partial charge in [-0.05, 0) is 18.2 Å². The Balaban J connectivity index is 1.62. The van der Waals surface area contributed by atoms with Crippen LogP contribution in [0.25, 0.3) is 0 Å². The van der Waals surface area contributed by atoms with Crippen LogP contribution in [0, 0.1) is 0 Å². The molecule has 0 aliphatic carbocycles. The number of nitrogens with one attached hydrogen (secondary N) is 1. The molecule has 0 spiro atoms. The van der Waals surface area contributed by atoms with E-state index in [-0.39, 0.29) is 11.8 Å². The molecule has 0 unspecified atom stereocenters. The summed E-state index contributed by atoms with van der Waals surface area (Å²) >= 11 is 0. The van der Waals surface area contributed by atoms with Crippen LogP contribution in [0.3, 0.4) is 0 Å². The maximum atomic E-state index is 12.5. The second kappa shape index (κ2) is 7.03. The van der Waals surface area contributed by atoms with Gasteiger partial charge in [0.15, 0.2) is 0 Å². The highest BCUT2D eigenvalue weighted by molar-refractivity contribution is 5.96. The Hall–Kier alpha value is -3.03. The lowest BCUT2D eigenvalue weighted by atomic mass is 10.2. The minimum absolute atomic E-state index is 0.0837. The lowest BCUT2D eigenvalue weighted by Crippen LogP contribution is -2.49. The SMILES string of the molecule is CNC(=O)c1ccc(C(=O)N2CCN(c3ncccn3)CC2)cn1. The molecule has 2 aromatic heterocycles. The van der Waals surface area contributed by atoms with E-state index in [2.05, 4.69) is 25.2 Å². The molecule has 0 aromatic carbocycles. The normalized spacial score (nSPS) is 14.4. The van der Waals surface area contributed by atoms with Gasteiger partial charge in [-0.2, -0.15) is 0 Å². The predicted octanol–water partition coefficient (Wildman–Crippen LogP) is 0.194. The van der Waals surface area contributed by atoms with E-state index in [0.29, 0.717) is 43.4 Å². The predicted molar refractivity (Wildman–Crippen MR) is 87.8 cm³/mol. The first kappa shape index (κ1) is 15.9. The van der Waals surface area contributed by atoms with Crippen LogP contribution in [0.4, 0.5) is 5.95 Å². The first-order valence-electron chi connectivity index (χ1n) is 7.68. The first-order valence-corrected chi connectivity index (χ1v) is 7.68. The number of anilines is 1. The van der Waals surface area contributed by atoms with E-state index in [1.54, 1.807) is 42.5 Å². The largest absolute Gasteiger partial charge is 0.354 e. The zero-order chi connectivity index (χ0) is 16.9. The molecule has 1 aliphatic rings. The number of amides is 2. The average Bonchev–Trinajstić information content (AvgIpc) is 2.68. The van der Waals surface area contributed by atoms with E-state index < -0.39 is 0 Å². The van der Waals surface area contributed by atoms with Crippen molar-refractivity contribution in [2.24, 2.45) is 0 Å². The Bertz CT molecular complexity index is 711. The molecule has 8 heteroatoms. The lowest BCUT2D eigenvalue weighted by Gasteiger charge is -2.34. The number of aromatic nitrogens is 3. The second-order valence-electron chi connectivity index (χ2n) is 5.34. The zero-order valence-corrected chi connectivity index (χ0v) is 13.3. The smallest absolute Gasteiger partial charge is 0.269 e. The summed E-state index contributed by atoms with van der Waals surface area (Å²) < 4.78 is 0. The maximum absolute atomic E-state index is 12.5. The molecule has 1 N–H and O–H groups in total. The fourth-order valence-corrected chi connectivity index (χ4v) is 2.53. The Morgan fingerprint density at radius 2 is 1.75 bits per heavy atom. The molecule has 8 nitrogen and oxygen atoms in total. The van der Waals surface area contributed by atoms with Crippen molar-refractivity contribution < 1.29 is 9.59 Å². The summed E-state index contributed by atoms with van der Waals surface area (Å²) in [6.07, 6.45) is 4.86. The Morgan fingerprint density at radius 3 is 2.33 bits per heavy atom. The molecule has 0 bridgehead atoms. The zero-order valence-electron chi connectivity index (χ0n) is 13.3. The number of hydrogen-bond donors (Lipinski definition) is 1. The van der Waals surface area contributed by atoms with Crippen LogP contribution in [0.15, 0.2) is 36.8 Å². The third-order valence-electron chi connectivity index (χ3n) is 3.87. The van der Waals surface area contributed by atoms with Gasteiger partial charge in [-0.1, -0.05) is 0 Å². The van der Waals surface area contributed by atoms with Gasteiger partial charge in [-0.15, -0.1) is 0 Å². The van der Waals surface area contributed by atoms with Crippen LogP contribution < -0.4 is 10.2 Å². The van der Waals surface area contributed by atoms with Crippen molar-refractivity contribution in [3.8, 4) is 0 Å². The van der Waals surface area contributed by atoms with E-state index in [4.69, 9.17) is 0 Å². The van der Waals surface area contributed by atoms with Crippen molar-refractivity contribution in [3.63, 3.8) is 0 Å². The highest BCUT2D eigenvalue weighted by atomic mass is 16.2. The highest BCUT2D eigenvalue weighted by Crippen LogP contribution is 2.12. The fraction of sp³-hybridized carbons (Fsp3) is 0.312. The van der Waals surface area contributed by atoms with Gasteiger partial charge in [0, 0.05) is 51.8 Å². The van der Waals surface area contributed by atoms with E-state index in [1.165, 1.54) is 6.20 Å². The van der Waals surface area contributed by atoms with Crippen molar-refractivity contribution in [1.29, 1.82) is 0 Å². The molecule has 0 radical (unpaired) electrons. The molecule has 1 fully saturated rings. The first-order chi connectivity index (χ1) is 11.7. The molecule has 3 heterocycles. The van der Waals surface area contributed by atoms with Crippen molar-refractivity contribution >= 4 is 17.8 Å². The van der Waals surface area contributed by atoms with Gasteiger partial charge in [0.2, 0.25) is 5.95 Å². The fourth-order valence-electron chi connectivity index (χ4n) is 2.53. The number of piperazine rings is 1. The molecular formula is C16H18N6O2. The van der Waals surface area contributed by atoms with Gasteiger partial charge in [0.05, 0.1) is 5.56 Å². The van der Waals surface area contributed by atoms with Crippen LogP contribution in [-0.4, -0.2) is 64.9 Å². The summed E-state index contributed by atoms with van der Waals surface area (Å²) in [7, 11) is 1.54. The van der Waals surface area contributed by atoms with E-state index in [0.717, 1.165) is 0 Å². The van der Waals surface area contributed by atoms with Crippen LogP contribution in [0.2, 0.25) is 0 Å². The topological polar surface area (TPSA) is 91.3 Å². The summed E-state index contributed by atoms with van der Waals surface area (Å²) in [5, 5.41) is 2.50. The van der Waals surface area contributed by atoms with E-state index >= 15 is 0 Å². The summed E-state index contributed by atoms with van der Waals surface area (Å²) in [5.74, 6) is 0.325. The van der Waals surface area contributed by atoms with E-state index in [1.807, 2.05) is 0 Å². The molecule has 0 atom stereocenters. The van der Waals surface area contributed by atoms with Crippen LogP contribution in [-0.2, 0) is 0 Å². The number of hydrogen-bond acceptors (Lipinski definition) is 6. The molecule has 1 aliphatic heterocycles. The lowest BCUT2D eigenvalue weighted by molar-refractivity contribution is 0.0745. The molecule has 1 saturated heterocycles. The highest BCUT2D eigenvalue weighted by Gasteiger charge is 2.23. The third kappa shape index (κ3) is 3.32. The van der Waals surface area contributed by atoms with Crippen molar-refractivity contribution in [2.45, 2.75) is 0 Å². The minimum atomic E-state index is -0.273. The Labute approximate surface area is 139 Å². The summed E-state index contributed by atoms with van der Waals surface area (Å²) in [4.78, 5) is 40.3. The average molecular weight is 326 g/mol. The number of carbonyl (C=O) groups excluding carboxylic acids is 2. The van der Waals surface area contributed by atoms with Crippen molar-refractivity contribution in [2.75, 3.05) is 38.1 Å². The van der Waals surface area contributed by atoms with Crippen LogP contribution in [0.5, 0.6) is 0 Å². The summed E-state index contributed by atoms with van der Waals surface area (Å²) in [6.45, 7) is 2.54. The Kier molecular flexibility index (Phi) is 4.64. The quantitative estimate of drug-likeness (QED) is 0.866. The number of carbonyl (C=O) groups is 2. The van der Waals surface area contributed by atoms with Crippen molar-refractivity contribution in [1.82, 2.24) is 25.2 Å². The summed E-state index contributed by atoms with van der Waals surface area (Å²) in [6, 6.07) is 4.96.